The summed E-state index contributed by atoms with van der Waals surface area (Å²) in [6.45, 7) is 1.50. The Labute approximate surface area is 112 Å². The van der Waals surface area contributed by atoms with Crippen LogP contribution in [-0.4, -0.2) is 25.2 Å². The largest absolute Gasteiger partial charge is 0.464 e. The second-order valence-corrected chi connectivity index (χ2v) is 6.27. The van der Waals surface area contributed by atoms with Crippen LogP contribution < -0.4 is 5.32 Å². The van der Waals surface area contributed by atoms with Gasteiger partial charge in [0.05, 0.1) is 6.61 Å². The Morgan fingerprint density at radius 2 is 2.44 bits per heavy atom. The van der Waals surface area contributed by atoms with E-state index in [1.807, 2.05) is 6.07 Å². The molecule has 4 heteroatoms. The number of fused-ring (bicyclic) bond motifs is 1. The molecule has 3 unspecified atom stereocenters. The lowest BCUT2D eigenvalue weighted by atomic mass is 9.94. The van der Waals surface area contributed by atoms with Crippen molar-refractivity contribution < 1.29 is 9.53 Å². The van der Waals surface area contributed by atoms with E-state index < -0.39 is 0 Å². The molecule has 1 aliphatic carbocycles. The fourth-order valence-corrected chi connectivity index (χ4v) is 3.93. The highest BCUT2D eigenvalue weighted by Crippen LogP contribution is 2.37. The fraction of sp³-hybridized carbons (Fsp3) is 0.643. The second kappa shape index (κ2) is 5.41. The summed E-state index contributed by atoms with van der Waals surface area (Å²) >= 11 is 1.72. The molecule has 0 bridgehead atoms. The predicted octanol–water partition coefficient (Wildman–Crippen LogP) is 2.22. The molecule has 18 heavy (non-hydrogen) atoms. The Hall–Kier alpha value is -0.870. The SMILES string of the molecule is O=C(OCCc1cccs1)C1NCC2CCCC21. The van der Waals surface area contributed by atoms with Gasteiger partial charge in [-0.15, -0.1) is 11.3 Å². The maximum absolute atomic E-state index is 12.0. The Bertz CT molecular complexity index is 404. The molecular weight excluding hydrogens is 246 g/mol. The van der Waals surface area contributed by atoms with Crippen molar-refractivity contribution in [3.8, 4) is 0 Å². The Morgan fingerprint density at radius 1 is 1.50 bits per heavy atom. The summed E-state index contributed by atoms with van der Waals surface area (Å²) in [5.74, 6) is 1.19. The van der Waals surface area contributed by atoms with Gasteiger partial charge in [-0.2, -0.15) is 0 Å². The van der Waals surface area contributed by atoms with Crippen LogP contribution in [0.15, 0.2) is 17.5 Å². The lowest BCUT2D eigenvalue weighted by Crippen LogP contribution is -2.37. The summed E-state index contributed by atoms with van der Waals surface area (Å²) in [5, 5.41) is 5.38. The van der Waals surface area contributed by atoms with E-state index in [1.165, 1.54) is 24.1 Å². The van der Waals surface area contributed by atoms with E-state index in [0.29, 0.717) is 18.4 Å². The van der Waals surface area contributed by atoms with E-state index in [0.717, 1.165) is 13.0 Å². The lowest BCUT2D eigenvalue weighted by Gasteiger charge is -2.16. The number of rotatable bonds is 4. The summed E-state index contributed by atoms with van der Waals surface area (Å²) in [6, 6.07) is 4.07. The van der Waals surface area contributed by atoms with Gasteiger partial charge in [0.25, 0.3) is 0 Å². The predicted molar refractivity (Wildman–Crippen MR) is 71.6 cm³/mol. The first kappa shape index (κ1) is 12.2. The summed E-state index contributed by atoms with van der Waals surface area (Å²) < 4.78 is 5.41. The van der Waals surface area contributed by atoms with Gasteiger partial charge in [0.1, 0.15) is 6.04 Å². The zero-order chi connectivity index (χ0) is 12.4. The minimum atomic E-state index is -0.0409. The Morgan fingerprint density at radius 3 is 3.28 bits per heavy atom. The number of hydrogen-bond acceptors (Lipinski definition) is 4. The van der Waals surface area contributed by atoms with Gasteiger partial charge >= 0.3 is 5.97 Å². The summed E-state index contributed by atoms with van der Waals surface area (Å²) in [4.78, 5) is 13.3. The zero-order valence-corrected chi connectivity index (χ0v) is 11.2. The molecule has 3 atom stereocenters. The average Bonchev–Trinajstić information content (AvgIpc) is 3.05. The van der Waals surface area contributed by atoms with Crippen molar-refractivity contribution in [3.63, 3.8) is 0 Å². The number of esters is 1. The molecule has 1 saturated carbocycles. The van der Waals surface area contributed by atoms with Gasteiger partial charge in [0.2, 0.25) is 0 Å². The van der Waals surface area contributed by atoms with Crippen LogP contribution >= 0.6 is 11.3 Å². The minimum absolute atomic E-state index is 0.0408. The Balaban J connectivity index is 1.47. The first-order chi connectivity index (χ1) is 8.84. The molecule has 1 aromatic rings. The molecule has 3 rings (SSSR count). The molecule has 3 nitrogen and oxygen atoms in total. The quantitative estimate of drug-likeness (QED) is 0.848. The van der Waals surface area contributed by atoms with Crippen molar-refractivity contribution in [1.82, 2.24) is 5.32 Å². The van der Waals surface area contributed by atoms with Crippen molar-refractivity contribution in [2.24, 2.45) is 11.8 Å². The lowest BCUT2D eigenvalue weighted by molar-refractivity contribution is -0.146. The van der Waals surface area contributed by atoms with Crippen LogP contribution in [0.3, 0.4) is 0 Å². The molecule has 0 aromatic carbocycles. The number of carbonyl (C=O) groups excluding carboxylic acids is 1. The molecule has 1 aromatic heterocycles. The minimum Gasteiger partial charge on any atom is -0.464 e. The van der Waals surface area contributed by atoms with E-state index in [-0.39, 0.29) is 12.0 Å². The maximum Gasteiger partial charge on any atom is 0.323 e. The van der Waals surface area contributed by atoms with Crippen molar-refractivity contribution >= 4 is 17.3 Å². The van der Waals surface area contributed by atoms with Crippen molar-refractivity contribution in [2.75, 3.05) is 13.2 Å². The molecule has 0 radical (unpaired) electrons. The number of thiophene rings is 1. The highest BCUT2D eigenvalue weighted by Gasteiger charge is 2.43. The van der Waals surface area contributed by atoms with E-state index in [9.17, 15) is 4.79 Å². The number of ether oxygens (including phenoxy) is 1. The molecule has 2 fully saturated rings. The number of carbonyl (C=O) groups is 1. The first-order valence-corrected chi connectivity index (χ1v) is 7.65. The molecule has 0 amide bonds. The van der Waals surface area contributed by atoms with Gasteiger partial charge in [0.15, 0.2) is 0 Å². The summed E-state index contributed by atoms with van der Waals surface area (Å²) in [6.07, 6.45) is 4.57. The van der Waals surface area contributed by atoms with Gasteiger partial charge < -0.3 is 10.1 Å². The van der Waals surface area contributed by atoms with Crippen molar-refractivity contribution in [3.05, 3.63) is 22.4 Å². The fourth-order valence-electron chi connectivity index (χ4n) is 3.24. The van der Waals surface area contributed by atoms with Gasteiger partial charge in [0, 0.05) is 11.3 Å². The average molecular weight is 265 g/mol. The first-order valence-electron chi connectivity index (χ1n) is 6.77. The van der Waals surface area contributed by atoms with E-state index in [2.05, 4.69) is 16.8 Å². The van der Waals surface area contributed by atoms with E-state index in [4.69, 9.17) is 4.74 Å². The number of hydrogen-bond donors (Lipinski definition) is 1. The van der Waals surface area contributed by atoms with Crippen molar-refractivity contribution in [1.29, 1.82) is 0 Å². The molecule has 1 N–H and O–H groups in total. The van der Waals surface area contributed by atoms with E-state index in [1.54, 1.807) is 11.3 Å². The highest BCUT2D eigenvalue weighted by molar-refractivity contribution is 7.09. The van der Waals surface area contributed by atoms with Gasteiger partial charge in [-0.1, -0.05) is 12.5 Å². The van der Waals surface area contributed by atoms with Gasteiger partial charge in [-0.05, 0) is 42.7 Å². The smallest absolute Gasteiger partial charge is 0.323 e. The van der Waals surface area contributed by atoms with Crippen LogP contribution in [0, 0.1) is 11.8 Å². The summed E-state index contributed by atoms with van der Waals surface area (Å²) in [5.41, 5.74) is 0. The third-order valence-corrected chi connectivity index (χ3v) is 5.11. The molecule has 98 valence electrons. The van der Waals surface area contributed by atoms with Gasteiger partial charge in [-0.3, -0.25) is 4.79 Å². The molecular formula is C14H19NO2S. The van der Waals surface area contributed by atoms with Gasteiger partial charge in [-0.25, -0.2) is 0 Å². The third-order valence-electron chi connectivity index (χ3n) is 4.17. The second-order valence-electron chi connectivity index (χ2n) is 5.24. The van der Waals surface area contributed by atoms with Crippen molar-refractivity contribution in [2.45, 2.75) is 31.7 Å². The normalized spacial score (nSPS) is 30.3. The standard InChI is InChI=1S/C14H19NO2S/c16-14(17-7-6-11-4-2-8-18-11)13-12-5-1-3-10(12)9-15-13/h2,4,8,10,12-13,15H,1,3,5-7,9H2. The summed E-state index contributed by atoms with van der Waals surface area (Å²) in [7, 11) is 0. The molecule has 1 saturated heterocycles. The number of nitrogens with one attached hydrogen (secondary N) is 1. The monoisotopic (exact) mass is 265 g/mol. The molecule has 2 aliphatic rings. The Kier molecular flexibility index (Phi) is 3.66. The topological polar surface area (TPSA) is 38.3 Å². The van der Waals surface area contributed by atoms with Crippen LogP contribution in [-0.2, 0) is 16.0 Å². The van der Waals surface area contributed by atoms with Crippen LogP contribution in [0.2, 0.25) is 0 Å². The van der Waals surface area contributed by atoms with E-state index >= 15 is 0 Å². The molecule has 2 heterocycles. The zero-order valence-electron chi connectivity index (χ0n) is 10.4. The highest BCUT2D eigenvalue weighted by atomic mass is 32.1. The van der Waals surface area contributed by atoms with Crippen LogP contribution in [0.5, 0.6) is 0 Å². The third kappa shape index (κ3) is 2.45. The van der Waals surface area contributed by atoms with Crippen LogP contribution in [0.4, 0.5) is 0 Å². The van der Waals surface area contributed by atoms with Crippen LogP contribution in [0.25, 0.3) is 0 Å². The van der Waals surface area contributed by atoms with Crippen LogP contribution in [0.1, 0.15) is 24.1 Å². The maximum atomic E-state index is 12.0. The molecule has 1 aliphatic heterocycles. The molecule has 0 spiro atoms.